The number of aromatic nitrogens is 3. The Morgan fingerprint density at radius 2 is 2.32 bits per heavy atom. The van der Waals surface area contributed by atoms with Crippen molar-refractivity contribution < 1.29 is 9.21 Å². The monoisotopic (exact) mass is 339 g/mol. The summed E-state index contributed by atoms with van der Waals surface area (Å²) in [6.07, 6.45) is 4.55. The van der Waals surface area contributed by atoms with E-state index in [2.05, 4.69) is 25.4 Å². The highest BCUT2D eigenvalue weighted by Gasteiger charge is 2.24. The minimum atomic E-state index is -0.0429. The van der Waals surface area contributed by atoms with Crippen LogP contribution in [0.4, 0.5) is 0 Å². The van der Waals surface area contributed by atoms with Crippen LogP contribution in [0.1, 0.15) is 22.7 Å². The number of amides is 1. The van der Waals surface area contributed by atoms with Gasteiger partial charge in [-0.2, -0.15) is 5.10 Å². The molecule has 7 nitrogen and oxygen atoms in total. The molecule has 0 spiro atoms. The number of carbonyl (C=O) groups is 1. The summed E-state index contributed by atoms with van der Waals surface area (Å²) in [5.74, 6) is 2.18. The van der Waals surface area contributed by atoms with Crippen LogP contribution >= 0.6 is 0 Å². The number of carbonyl (C=O) groups excluding carboxylic acids is 1. The third-order valence-corrected chi connectivity index (χ3v) is 4.57. The first kappa shape index (κ1) is 15.7. The molecule has 1 amide bonds. The SMILES string of the molecule is O=C(NC[C@H]1CCN(Cc2ccc(-c3ccn[nH]3)o2)C1)c1ccc[nH]1. The smallest absolute Gasteiger partial charge is 0.267 e. The third kappa shape index (κ3) is 3.66. The van der Waals surface area contributed by atoms with Crippen molar-refractivity contribution in [1.82, 2.24) is 25.4 Å². The van der Waals surface area contributed by atoms with Crippen LogP contribution in [0, 0.1) is 5.92 Å². The van der Waals surface area contributed by atoms with Gasteiger partial charge >= 0.3 is 0 Å². The van der Waals surface area contributed by atoms with Crippen molar-refractivity contribution in [1.29, 1.82) is 0 Å². The highest BCUT2D eigenvalue weighted by Crippen LogP contribution is 2.23. The van der Waals surface area contributed by atoms with Crippen LogP contribution in [-0.2, 0) is 6.54 Å². The quantitative estimate of drug-likeness (QED) is 0.642. The van der Waals surface area contributed by atoms with Crippen LogP contribution in [0.15, 0.2) is 47.1 Å². The van der Waals surface area contributed by atoms with E-state index < -0.39 is 0 Å². The number of nitrogens with zero attached hydrogens (tertiary/aromatic N) is 2. The van der Waals surface area contributed by atoms with E-state index in [0.717, 1.165) is 43.3 Å². The number of furan rings is 1. The van der Waals surface area contributed by atoms with E-state index in [0.29, 0.717) is 18.2 Å². The van der Waals surface area contributed by atoms with Gasteiger partial charge in [0.2, 0.25) is 0 Å². The molecule has 0 radical (unpaired) electrons. The molecule has 1 aliphatic rings. The van der Waals surface area contributed by atoms with Crippen molar-refractivity contribution in [3.8, 4) is 11.5 Å². The lowest BCUT2D eigenvalue weighted by molar-refractivity contribution is 0.0943. The number of nitrogens with one attached hydrogen (secondary N) is 3. The Balaban J connectivity index is 1.26. The van der Waals surface area contributed by atoms with Gasteiger partial charge in [0.25, 0.3) is 5.91 Å². The Labute approximate surface area is 145 Å². The summed E-state index contributed by atoms with van der Waals surface area (Å²) >= 11 is 0. The Morgan fingerprint density at radius 3 is 3.12 bits per heavy atom. The molecule has 1 saturated heterocycles. The van der Waals surface area contributed by atoms with Gasteiger partial charge in [0, 0.05) is 25.5 Å². The molecule has 1 aliphatic heterocycles. The minimum Gasteiger partial charge on any atom is -0.458 e. The van der Waals surface area contributed by atoms with E-state index in [9.17, 15) is 4.79 Å². The normalized spacial score (nSPS) is 17.8. The van der Waals surface area contributed by atoms with Crippen molar-refractivity contribution in [2.45, 2.75) is 13.0 Å². The molecule has 1 atom stereocenters. The summed E-state index contributed by atoms with van der Waals surface area (Å²) in [5.41, 5.74) is 1.49. The molecule has 1 fully saturated rings. The van der Waals surface area contributed by atoms with Crippen LogP contribution in [0.2, 0.25) is 0 Å². The maximum atomic E-state index is 12.0. The largest absolute Gasteiger partial charge is 0.458 e. The maximum Gasteiger partial charge on any atom is 0.267 e. The van der Waals surface area contributed by atoms with E-state index in [4.69, 9.17) is 4.42 Å². The van der Waals surface area contributed by atoms with Crippen molar-refractivity contribution in [3.05, 3.63) is 54.2 Å². The summed E-state index contributed by atoms with van der Waals surface area (Å²) in [6, 6.07) is 9.47. The summed E-state index contributed by atoms with van der Waals surface area (Å²) in [4.78, 5) is 17.3. The molecule has 0 unspecified atom stereocenters. The lowest BCUT2D eigenvalue weighted by Gasteiger charge is -2.14. The average Bonchev–Trinajstić information content (AvgIpc) is 3.40. The lowest BCUT2D eigenvalue weighted by atomic mass is 10.1. The zero-order chi connectivity index (χ0) is 17.1. The van der Waals surface area contributed by atoms with E-state index in [1.54, 1.807) is 18.5 Å². The molecule has 4 rings (SSSR count). The fraction of sp³-hybridized carbons (Fsp3) is 0.333. The Kier molecular flexibility index (Phi) is 4.39. The van der Waals surface area contributed by atoms with Gasteiger partial charge < -0.3 is 14.7 Å². The number of hydrogen-bond donors (Lipinski definition) is 3. The van der Waals surface area contributed by atoms with Gasteiger partial charge in [0.05, 0.1) is 6.54 Å². The molecular weight excluding hydrogens is 318 g/mol. The van der Waals surface area contributed by atoms with Gasteiger partial charge in [-0.3, -0.25) is 14.8 Å². The molecule has 0 aliphatic carbocycles. The first-order valence-corrected chi connectivity index (χ1v) is 8.50. The van der Waals surface area contributed by atoms with Crippen LogP contribution in [0.25, 0.3) is 11.5 Å². The van der Waals surface area contributed by atoms with Gasteiger partial charge in [0.1, 0.15) is 17.1 Å². The standard InChI is InChI=1S/C18H21N5O2/c24-18(16-2-1-7-19-16)20-10-13-6-9-23(11-13)12-14-3-4-17(25-14)15-5-8-21-22-15/h1-5,7-8,13,19H,6,9-12H2,(H,20,24)(H,21,22)/t13-/m1/s1. The van der Waals surface area contributed by atoms with Crippen LogP contribution in [0.3, 0.4) is 0 Å². The number of hydrogen-bond acceptors (Lipinski definition) is 4. The zero-order valence-electron chi connectivity index (χ0n) is 13.9. The molecule has 0 aromatic carbocycles. The molecular formula is C18H21N5O2. The first-order valence-electron chi connectivity index (χ1n) is 8.50. The van der Waals surface area contributed by atoms with E-state index in [1.807, 2.05) is 24.3 Å². The summed E-state index contributed by atoms with van der Waals surface area (Å²) in [5, 5.41) is 9.85. The number of H-pyrrole nitrogens is 2. The average molecular weight is 339 g/mol. The molecule has 3 aromatic heterocycles. The van der Waals surface area contributed by atoms with Crippen molar-refractivity contribution in [3.63, 3.8) is 0 Å². The van der Waals surface area contributed by atoms with Gasteiger partial charge in [-0.05, 0) is 49.2 Å². The Hall–Kier alpha value is -2.80. The summed E-state index contributed by atoms with van der Waals surface area (Å²) in [7, 11) is 0. The second kappa shape index (κ2) is 6.98. The van der Waals surface area contributed by atoms with Crippen LogP contribution in [0.5, 0.6) is 0 Å². The lowest BCUT2D eigenvalue weighted by Crippen LogP contribution is -2.31. The topological polar surface area (TPSA) is 89.9 Å². The fourth-order valence-electron chi connectivity index (χ4n) is 3.25. The number of likely N-dealkylation sites (tertiary alicyclic amines) is 1. The predicted molar refractivity (Wildman–Crippen MR) is 92.8 cm³/mol. The molecule has 25 heavy (non-hydrogen) atoms. The summed E-state index contributed by atoms with van der Waals surface area (Å²) in [6.45, 7) is 3.47. The van der Waals surface area contributed by atoms with E-state index in [1.165, 1.54) is 0 Å². The van der Waals surface area contributed by atoms with Crippen molar-refractivity contribution in [2.24, 2.45) is 5.92 Å². The second-order valence-corrected chi connectivity index (χ2v) is 6.42. The van der Waals surface area contributed by atoms with Crippen LogP contribution in [-0.4, -0.2) is 45.6 Å². The zero-order valence-corrected chi connectivity index (χ0v) is 13.9. The fourth-order valence-corrected chi connectivity index (χ4v) is 3.25. The molecule has 7 heteroatoms. The van der Waals surface area contributed by atoms with Crippen LogP contribution < -0.4 is 5.32 Å². The minimum absolute atomic E-state index is 0.0429. The molecule has 4 heterocycles. The third-order valence-electron chi connectivity index (χ3n) is 4.57. The van der Waals surface area contributed by atoms with Gasteiger partial charge in [-0.1, -0.05) is 0 Å². The number of rotatable bonds is 6. The second-order valence-electron chi connectivity index (χ2n) is 6.42. The van der Waals surface area contributed by atoms with Crippen molar-refractivity contribution >= 4 is 5.91 Å². The number of aromatic amines is 2. The molecule has 0 saturated carbocycles. The molecule has 130 valence electrons. The summed E-state index contributed by atoms with van der Waals surface area (Å²) < 4.78 is 5.89. The van der Waals surface area contributed by atoms with Crippen molar-refractivity contribution in [2.75, 3.05) is 19.6 Å². The maximum absolute atomic E-state index is 12.0. The van der Waals surface area contributed by atoms with Gasteiger partial charge in [-0.15, -0.1) is 0 Å². The van der Waals surface area contributed by atoms with E-state index >= 15 is 0 Å². The van der Waals surface area contributed by atoms with Gasteiger partial charge in [0.15, 0.2) is 5.76 Å². The first-order chi connectivity index (χ1) is 12.3. The molecule has 3 N–H and O–H groups in total. The van der Waals surface area contributed by atoms with E-state index in [-0.39, 0.29) is 5.91 Å². The Morgan fingerprint density at radius 1 is 1.36 bits per heavy atom. The molecule has 3 aromatic rings. The highest BCUT2D eigenvalue weighted by atomic mass is 16.3. The van der Waals surface area contributed by atoms with Gasteiger partial charge in [-0.25, -0.2) is 0 Å². The highest BCUT2D eigenvalue weighted by molar-refractivity contribution is 5.92. The Bertz CT molecular complexity index is 807. The predicted octanol–water partition coefficient (Wildman–Crippen LogP) is 2.25. The molecule has 0 bridgehead atoms.